The van der Waals surface area contributed by atoms with Gasteiger partial charge in [-0.15, -0.1) is 0 Å². The Bertz CT molecular complexity index is 548. The highest BCUT2D eigenvalue weighted by Gasteiger charge is 2.43. The van der Waals surface area contributed by atoms with E-state index >= 15 is 0 Å². The molecule has 3 aliphatic rings. The monoisotopic (exact) mass is 317 g/mol. The predicted octanol–water partition coefficient (Wildman–Crippen LogP) is 3.02. The summed E-state index contributed by atoms with van der Waals surface area (Å²) in [5.74, 6) is 1.69. The standard InChI is InChI=1S/C19H27NO3/c21-16(14-7-11-20-12-8-14)13-15-5-4-6-17-18(15)23-19(22-17)9-2-1-3-10-19/h4-6,14,16,20-21H,1-3,7-13H2. The average Bonchev–Trinajstić information content (AvgIpc) is 2.95. The van der Waals surface area contributed by atoms with Crippen molar-refractivity contribution >= 4 is 0 Å². The summed E-state index contributed by atoms with van der Waals surface area (Å²) in [6.45, 7) is 2.02. The van der Waals surface area contributed by atoms with Crippen LogP contribution in [0.5, 0.6) is 11.5 Å². The van der Waals surface area contributed by atoms with Gasteiger partial charge in [0.05, 0.1) is 6.10 Å². The molecule has 2 N–H and O–H groups in total. The Labute approximate surface area is 138 Å². The maximum atomic E-state index is 10.6. The number of hydrogen-bond acceptors (Lipinski definition) is 4. The molecule has 126 valence electrons. The Balaban J connectivity index is 1.50. The van der Waals surface area contributed by atoms with Crippen molar-refractivity contribution in [3.8, 4) is 11.5 Å². The van der Waals surface area contributed by atoms with Crippen molar-refractivity contribution in [2.75, 3.05) is 13.1 Å². The zero-order valence-corrected chi connectivity index (χ0v) is 13.7. The highest BCUT2D eigenvalue weighted by Crippen LogP contribution is 2.47. The molecule has 1 saturated heterocycles. The van der Waals surface area contributed by atoms with Crippen molar-refractivity contribution < 1.29 is 14.6 Å². The minimum Gasteiger partial charge on any atom is -0.448 e. The zero-order chi connectivity index (χ0) is 15.7. The van der Waals surface area contributed by atoms with Crippen LogP contribution in [0.15, 0.2) is 18.2 Å². The first-order valence-corrected chi connectivity index (χ1v) is 9.14. The highest BCUT2D eigenvalue weighted by molar-refractivity contribution is 5.49. The molecule has 0 amide bonds. The molecule has 1 aliphatic carbocycles. The molecule has 4 rings (SSSR count). The van der Waals surface area contributed by atoms with E-state index in [1.807, 2.05) is 12.1 Å². The number of para-hydroxylation sites is 1. The number of aliphatic hydroxyl groups is 1. The lowest BCUT2D eigenvalue weighted by Crippen LogP contribution is -2.40. The molecule has 1 atom stereocenters. The first-order valence-electron chi connectivity index (χ1n) is 9.14. The van der Waals surface area contributed by atoms with Gasteiger partial charge in [-0.05, 0) is 50.8 Å². The first-order chi connectivity index (χ1) is 11.3. The molecule has 2 fully saturated rings. The smallest absolute Gasteiger partial charge is 0.251 e. The van der Waals surface area contributed by atoms with Gasteiger partial charge in [0.25, 0.3) is 5.79 Å². The fourth-order valence-corrected chi connectivity index (χ4v) is 4.24. The normalized spacial score (nSPS) is 24.7. The minimum absolute atomic E-state index is 0.296. The molecular weight excluding hydrogens is 290 g/mol. The Morgan fingerprint density at radius 1 is 1.13 bits per heavy atom. The molecule has 0 bridgehead atoms. The van der Waals surface area contributed by atoms with Gasteiger partial charge in [0, 0.05) is 24.8 Å². The van der Waals surface area contributed by atoms with E-state index in [2.05, 4.69) is 11.4 Å². The molecule has 23 heavy (non-hydrogen) atoms. The van der Waals surface area contributed by atoms with Crippen molar-refractivity contribution in [3.05, 3.63) is 23.8 Å². The molecule has 2 aliphatic heterocycles. The van der Waals surface area contributed by atoms with Crippen LogP contribution in [-0.2, 0) is 6.42 Å². The summed E-state index contributed by atoms with van der Waals surface area (Å²) in [5.41, 5.74) is 1.09. The van der Waals surface area contributed by atoms with Crippen LogP contribution >= 0.6 is 0 Å². The van der Waals surface area contributed by atoms with Crippen LogP contribution in [0.2, 0.25) is 0 Å². The third kappa shape index (κ3) is 3.07. The Morgan fingerprint density at radius 2 is 1.91 bits per heavy atom. The number of hydrogen-bond donors (Lipinski definition) is 2. The van der Waals surface area contributed by atoms with Crippen molar-refractivity contribution in [3.63, 3.8) is 0 Å². The Morgan fingerprint density at radius 3 is 2.70 bits per heavy atom. The molecule has 1 unspecified atom stereocenters. The van der Waals surface area contributed by atoms with Gasteiger partial charge in [0.2, 0.25) is 0 Å². The second kappa shape index (κ2) is 6.33. The van der Waals surface area contributed by atoms with Crippen LogP contribution in [0.4, 0.5) is 0 Å². The molecule has 4 nitrogen and oxygen atoms in total. The van der Waals surface area contributed by atoms with E-state index in [4.69, 9.17) is 9.47 Å². The molecule has 1 saturated carbocycles. The van der Waals surface area contributed by atoms with Crippen molar-refractivity contribution in [1.29, 1.82) is 0 Å². The van der Waals surface area contributed by atoms with Gasteiger partial charge in [-0.25, -0.2) is 0 Å². The number of ether oxygens (including phenoxy) is 2. The summed E-state index contributed by atoms with van der Waals surface area (Å²) >= 11 is 0. The number of fused-ring (bicyclic) bond motifs is 1. The van der Waals surface area contributed by atoms with E-state index in [1.165, 1.54) is 19.3 Å². The number of benzene rings is 1. The third-order valence-electron chi connectivity index (χ3n) is 5.62. The predicted molar refractivity (Wildman–Crippen MR) is 88.8 cm³/mol. The topological polar surface area (TPSA) is 50.7 Å². The van der Waals surface area contributed by atoms with Crippen LogP contribution in [0.1, 0.15) is 50.5 Å². The zero-order valence-electron chi connectivity index (χ0n) is 13.7. The molecule has 1 aromatic carbocycles. The lowest BCUT2D eigenvalue weighted by atomic mass is 9.88. The summed E-state index contributed by atoms with van der Waals surface area (Å²) in [7, 11) is 0. The molecule has 4 heteroatoms. The molecule has 1 spiro atoms. The van der Waals surface area contributed by atoms with E-state index in [1.54, 1.807) is 0 Å². The lowest BCUT2D eigenvalue weighted by Gasteiger charge is -2.31. The number of nitrogens with one attached hydrogen (secondary N) is 1. The maximum absolute atomic E-state index is 10.6. The summed E-state index contributed by atoms with van der Waals surface area (Å²) in [6.07, 6.45) is 8.02. The Hall–Kier alpha value is -1.26. The van der Waals surface area contributed by atoms with Gasteiger partial charge in [-0.3, -0.25) is 0 Å². The van der Waals surface area contributed by atoms with Crippen molar-refractivity contribution in [1.82, 2.24) is 5.32 Å². The molecule has 2 heterocycles. The van der Waals surface area contributed by atoms with Crippen molar-refractivity contribution in [2.24, 2.45) is 5.92 Å². The van der Waals surface area contributed by atoms with Gasteiger partial charge in [-0.2, -0.15) is 0 Å². The quantitative estimate of drug-likeness (QED) is 0.900. The summed E-state index contributed by atoms with van der Waals surface area (Å²) in [6, 6.07) is 6.10. The number of rotatable bonds is 3. The first kappa shape index (κ1) is 15.3. The summed E-state index contributed by atoms with van der Waals surface area (Å²) in [5, 5.41) is 14.0. The fourth-order valence-electron chi connectivity index (χ4n) is 4.24. The molecule has 0 radical (unpaired) electrons. The SMILES string of the molecule is OC(Cc1cccc2c1OC1(CCCCC1)O2)C1CCNCC1. The van der Waals surface area contributed by atoms with E-state index in [9.17, 15) is 5.11 Å². The van der Waals surface area contributed by atoms with E-state index in [0.29, 0.717) is 12.3 Å². The van der Waals surface area contributed by atoms with Crippen LogP contribution in [0, 0.1) is 5.92 Å². The van der Waals surface area contributed by atoms with E-state index in [0.717, 1.165) is 55.8 Å². The average molecular weight is 317 g/mol. The van der Waals surface area contributed by atoms with Gasteiger partial charge < -0.3 is 19.9 Å². The van der Waals surface area contributed by atoms with E-state index < -0.39 is 5.79 Å². The van der Waals surface area contributed by atoms with Crippen LogP contribution in [0.25, 0.3) is 0 Å². The van der Waals surface area contributed by atoms with Crippen LogP contribution in [-0.4, -0.2) is 30.1 Å². The maximum Gasteiger partial charge on any atom is 0.251 e. The van der Waals surface area contributed by atoms with E-state index in [-0.39, 0.29) is 6.10 Å². The minimum atomic E-state index is -0.434. The molecule has 0 aromatic heterocycles. The molecule has 1 aromatic rings. The van der Waals surface area contributed by atoms with Crippen molar-refractivity contribution in [2.45, 2.75) is 63.3 Å². The second-order valence-electron chi connectivity index (χ2n) is 7.28. The second-order valence-corrected chi connectivity index (χ2v) is 7.28. The largest absolute Gasteiger partial charge is 0.448 e. The van der Waals surface area contributed by atoms with Gasteiger partial charge in [0.1, 0.15) is 0 Å². The van der Waals surface area contributed by atoms with Gasteiger partial charge >= 0.3 is 0 Å². The van der Waals surface area contributed by atoms with Crippen LogP contribution < -0.4 is 14.8 Å². The number of piperidine rings is 1. The lowest BCUT2D eigenvalue weighted by molar-refractivity contribution is -0.105. The van der Waals surface area contributed by atoms with Gasteiger partial charge in [0.15, 0.2) is 11.5 Å². The third-order valence-corrected chi connectivity index (χ3v) is 5.62. The summed E-state index contributed by atoms with van der Waals surface area (Å²) < 4.78 is 12.5. The van der Waals surface area contributed by atoms with Crippen LogP contribution in [0.3, 0.4) is 0 Å². The Kier molecular flexibility index (Phi) is 4.20. The fraction of sp³-hybridized carbons (Fsp3) is 0.684. The summed E-state index contributed by atoms with van der Waals surface area (Å²) in [4.78, 5) is 0. The number of aliphatic hydroxyl groups excluding tert-OH is 1. The highest BCUT2D eigenvalue weighted by atomic mass is 16.7. The van der Waals surface area contributed by atoms with Gasteiger partial charge in [-0.1, -0.05) is 18.6 Å². The molecular formula is C19H27NO3.